The highest BCUT2D eigenvalue weighted by Gasteiger charge is 2.26. The van der Waals surface area contributed by atoms with Crippen LogP contribution in [0.15, 0.2) is 35.9 Å². The number of allylic oxidation sites excluding steroid dienone is 1. The number of carbonyl (C=O) groups is 3. The van der Waals surface area contributed by atoms with E-state index in [1.54, 1.807) is 6.07 Å². The first-order chi connectivity index (χ1) is 12.2. The molecule has 0 saturated carbocycles. The third kappa shape index (κ3) is 7.46. The number of hydrogen-bond donors (Lipinski definition) is 2. The summed E-state index contributed by atoms with van der Waals surface area (Å²) >= 11 is 0. The van der Waals surface area contributed by atoms with Gasteiger partial charge in [-0.15, -0.1) is 0 Å². The molecule has 2 N–H and O–H groups in total. The van der Waals surface area contributed by atoms with Crippen LogP contribution in [0.5, 0.6) is 0 Å². The molecule has 6 nitrogen and oxygen atoms in total. The molecule has 0 saturated heterocycles. The highest BCUT2D eigenvalue weighted by atomic mass is 19.1. The minimum Gasteiger partial charge on any atom is -0.467 e. The Hall–Kier alpha value is -2.70. The third-order valence-electron chi connectivity index (χ3n) is 3.59. The number of rotatable bonds is 8. The lowest BCUT2D eigenvalue weighted by Crippen LogP contribution is -2.52. The molecule has 7 heteroatoms. The van der Waals surface area contributed by atoms with Gasteiger partial charge in [0.15, 0.2) is 0 Å². The fourth-order valence-electron chi connectivity index (χ4n) is 2.34. The molecule has 0 heterocycles. The van der Waals surface area contributed by atoms with Crippen molar-refractivity contribution in [2.45, 2.75) is 45.7 Å². The smallest absolute Gasteiger partial charge is 0.328 e. The van der Waals surface area contributed by atoms with Gasteiger partial charge in [-0.05, 0) is 38.0 Å². The number of ether oxygens (including phenoxy) is 1. The summed E-state index contributed by atoms with van der Waals surface area (Å²) in [7, 11) is 1.24. The number of hydrogen-bond acceptors (Lipinski definition) is 4. The van der Waals surface area contributed by atoms with E-state index in [1.165, 1.54) is 32.2 Å². The molecule has 0 bridgehead atoms. The van der Waals surface area contributed by atoms with E-state index in [1.807, 2.05) is 19.9 Å². The van der Waals surface area contributed by atoms with Crippen LogP contribution in [0.3, 0.4) is 0 Å². The Morgan fingerprint density at radius 3 is 2.38 bits per heavy atom. The molecule has 142 valence electrons. The normalized spacial score (nSPS) is 12.5. The summed E-state index contributed by atoms with van der Waals surface area (Å²) in [6.45, 7) is 5.03. The van der Waals surface area contributed by atoms with Gasteiger partial charge >= 0.3 is 5.97 Å². The van der Waals surface area contributed by atoms with Crippen molar-refractivity contribution in [2.75, 3.05) is 7.11 Å². The van der Waals surface area contributed by atoms with E-state index in [4.69, 9.17) is 4.74 Å². The lowest BCUT2D eigenvalue weighted by atomic mass is 10.0. The Bertz CT molecular complexity index is 684. The average Bonchev–Trinajstić information content (AvgIpc) is 2.56. The average molecular weight is 364 g/mol. The summed E-state index contributed by atoms with van der Waals surface area (Å²) in [5, 5.41) is 5.13. The molecule has 0 aliphatic carbocycles. The van der Waals surface area contributed by atoms with E-state index in [0.717, 1.165) is 5.57 Å². The molecule has 0 aromatic heterocycles. The van der Waals surface area contributed by atoms with Crippen LogP contribution >= 0.6 is 0 Å². The Balaban J connectivity index is 2.93. The fraction of sp³-hybridized carbons (Fsp3) is 0.421. The molecular formula is C19H25FN2O4. The molecule has 1 aromatic carbocycles. The molecular weight excluding hydrogens is 339 g/mol. The Labute approximate surface area is 152 Å². The SMILES string of the molecule is COC(=O)[C@@H](CC=C(C)C)NC(=O)[C@@H](Cc1cccc(F)c1)NC(C)=O. The second-order valence-corrected chi connectivity index (χ2v) is 6.19. The highest BCUT2D eigenvalue weighted by molar-refractivity contribution is 5.90. The first kappa shape index (κ1) is 21.3. The van der Waals surface area contributed by atoms with Gasteiger partial charge in [0.1, 0.15) is 17.9 Å². The summed E-state index contributed by atoms with van der Waals surface area (Å²) in [6.07, 6.45) is 2.18. The summed E-state index contributed by atoms with van der Waals surface area (Å²) in [6, 6.07) is 3.97. The minimum atomic E-state index is -0.937. The van der Waals surface area contributed by atoms with Gasteiger partial charge in [-0.3, -0.25) is 9.59 Å². The van der Waals surface area contributed by atoms with E-state index in [2.05, 4.69) is 10.6 Å². The topological polar surface area (TPSA) is 84.5 Å². The van der Waals surface area contributed by atoms with Gasteiger partial charge < -0.3 is 15.4 Å². The highest BCUT2D eigenvalue weighted by Crippen LogP contribution is 2.08. The maximum atomic E-state index is 13.4. The summed E-state index contributed by atoms with van der Waals surface area (Å²) in [4.78, 5) is 35.9. The molecule has 0 aliphatic heterocycles. The van der Waals surface area contributed by atoms with Crippen LogP contribution in [-0.2, 0) is 25.5 Å². The molecule has 1 aromatic rings. The monoisotopic (exact) mass is 364 g/mol. The van der Waals surface area contributed by atoms with Crippen LogP contribution in [0.2, 0.25) is 0 Å². The van der Waals surface area contributed by atoms with Crippen LogP contribution in [0.25, 0.3) is 0 Å². The third-order valence-corrected chi connectivity index (χ3v) is 3.59. The molecule has 2 atom stereocenters. The van der Waals surface area contributed by atoms with Crippen molar-refractivity contribution < 1.29 is 23.5 Å². The van der Waals surface area contributed by atoms with Gasteiger partial charge in [0.05, 0.1) is 7.11 Å². The largest absolute Gasteiger partial charge is 0.467 e. The Kier molecular flexibility index (Phi) is 8.48. The fourth-order valence-corrected chi connectivity index (χ4v) is 2.34. The lowest BCUT2D eigenvalue weighted by Gasteiger charge is -2.21. The van der Waals surface area contributed by atoms with E-state index in [0.29, 0.717) is 5.56 Å². The van der Waals surface area contributed by atoms with Crippen LogP contribution in [-0.4, -0.2) is 37.0 Å². The van der Waals surface area contributed by atoms with Crippen molar-refractivity contribution in [3.05, 3.63) is 47.3 Å². The first-order valence-electron chi connectivity index (χ1n) is 8.26. The van der Waals surface area contributed by atoms with Gasteiger partial charge in [-0.1, -0.05) is 23.8 Å². The van der Waals surface area contributed by atoms with Crippen molar-refractivity contribution in [2.24, 2.45) is 0 Å². The molecule has 0 spiro atoms. The predicted octanol–water partition coefficient (Wildman–Crippen LogP) is 1.89. The maximum Gasteiger partial charge on any atom is 0.328 e. The lowest BCUT2D eigenvalue weighted by molar-refractivity contribution is -0.145. The summed E-state index contributed by atoms with van der Waals surface area (Å²) in [5.41, 5.74) is 1.55. The van der Waals surface area contributed by atoms with Crippen LogP contribution < -0.4 is 10.6 Å². The van der Waals surface area contributed by atoms with Gasteiger partial charge in [0, 0.05) is 13.3 Å². The zero-order valence-corrected chi connectivity index (χ0v) is 15.5. The van der Waals surface area contributed by atoms with Crippen molar-refractivity contribution in [3.8, 4) is 0 Å². The van der Waals surface area contributed by atoms with Gasteiger partial charge in [0.25, 0.3) is 0 Å². The van der Waals surface area contributed by atoms with Crippen LogP contribution in [0.4, 0.5) is 4.39 Å². The molecule has 0 unspecified atom stereocenters. The van der Waals surface area contributed by atoms with E-state index >= 15 is 0 Å². The number of esters is 1. The molecule has 1 rings (SSSR count). The number of nitrogens with one attached hydrogen (secondary N) is 2. The Morgan fingerprint density at radius 2 is 1.85 bits per heavy atom. The van der Waals surface area contributed by atoms with Crippen molar-refractivity contribution >= 4 is 17.8 Å². The van der Waals surface area contributed by atoms with Crippen molar-refractivity contribution in [3.63, 3.8) is 0 Å². The van der Waals surface area contributed by atoms with Gasteiger partial charge in [0.2, 0.25) is 11.8 Å². The second kappa shape index (κ2) is 10.3. The zero-order chi connectivity index (χ0) is 19.7. The predicted molar refractivity (Wildman–Crippen MR) is 95.7 cm³/mol. The zero-order valence-electron chi connectivity index (χ0n) is 15.5. The van der Waals surface area contributed by atoms with Gasteiger partial charge in [-0.2, -0.15) is 0 Å². The van der Waals surface area contributed by atoms with E-state index in [9.17, 15) is 18.8 Å². The van der Waals surface area contributed by atoms with E-state index in [-0.39, 0.29) is 12.8 Å². The Morgan fingerprint density at radius 1 is 1.15 bits per heavy atom. The van der Waals surface area contributed by atoms with E-state index < -0.39 is 35.7 Å². The number of halogens is 1. The van der Waals surface area contributed by atoms with Gasteiger partial charge in [-0.25, -0.2) is 9.18 Å². The summed E-state index contributed by atoms with van der Waals surface area (Å²) in [5.74, 6) is -1.95. The standard InChI is InChI=1S/C19H25FN2O4/c1-12(2)8-9-16(19(25)26-4)22-18(24)17(21-13(3)23)11-14-6-5-7-15(20)10-14/h5-8,10,16-17H,9,11H2,1-4H3,(H,21,23)(H,22,24)/t16-,17-/m1/s1. The molecule has 26 heavy (non-hydrogen) atoms. The first-order valence-corrected chi connectivity index (χ1v) is 8.26. The number of benzene rings is 1. The number of amides is 2. The maximum absolute atomic E-state index is 13.4. The van der Waals surface area contributed by atoms with Crippen LogP contribution in [0.1, 0.15) is 32.8 Å². The van der Waals surface area contributed by atoms with Crippen molar-refractivity contribution in [1.82, 2.24) is 10.6 Å². The summed E-state index contributed by atoms with van der Waals surface area (Å²) < 4.78 is 18.1. The number of carbonyl (C=O) groups excluding carboxylic acids is 3. The molecule has 0 radical (unpaired) electrons. The molecule has 0 fully saturated rings. The number of methoxy groups -OCH3 is 1. The molecule has 0 aliphatic rings. The minimum absolute atomic E-state index is 0.0969. The van der Waals surface area contributed by atoms with Crippen molar-refractivity contribution in [1.29, 1.82) is 0 Å². The molecule has 2 amide bonds. The van der Waals surface area contributed by atoms with Crippen LogP contribution in [0, 0.1) is 5.82 Å². The second-order valence-electron chi connectivity index (χ2n) is 6.19. The quantitative estimate of drug-likeness (QED) is 0.545.